The molecule has 0 radical (unpaired) electrons. The number of amides is 2. The summed E-state index contributed by atoms with van der Waals surface area (Å²) in [4.78, 5) is 34.1. The average molecular weight is 448 g/mol. The molecule has 0 unspecified atom stereocenters. The first-order valence-electron chi connectivity index (χ1n) is 12.1. The van der Waals surface area contributed by atoms with E-state index in [9.17, 15) is 9.59 Å². The molecular weight excluding hydrogens is 414 g/mol. The van der Waals surface area contributed by atoms with Crippen molar-refractivity contribution in [2.75, 3.05) is 51.3 Å². The number of nitrogens with zero attached hydrogens (tertiary/aromatic N) is 3. The molecule has 2 aliphatic heterocycles. The van der Waals surface area contributed by atoms with Gasteiger partial charge in [0.05, 0.1) is 18.1 Å². The Morgan fingerprint density at radius 1 is 0.970 bits per heavy atom. The van der Waals surface area contributed by atoms with Crippen molar-refractivity contribution in [2.45, 2.75) is 37.1 Å². The lowest BCUT2D eigenvalue weighted by Gasteiger charge is -2.51. The number of piperazine rings is 1. The molecule has 33 heavy (non-hydrogen) atoms. The van der Waals surface area contributed by atoms with Crippen LogP contribution in [0.25, 0.3) is 0 Å². The lowest BCUT2D eigenvalue weighted by molar-refractivity contribution is -0.137. The Kier molecular flexibility index (Phi) is 6.11. The average Bonchev–Trinajstić information content (AvgIpc) is 3.34. The molecule has 1 atom stereocenters. The smallest absolute Gasteiger partial charge is 0.254 e. The Balaban J connectivity index is 1.45. The number of ether oxygens (including phenoxy) is 1. The molecule has 2 fully saturated rings. The van der Waals surface area contributed by atoms with E-state index < -0.39 is 5.54 Å². The molecule has 1 aliphatic carbocycles. The highest BCUT2D eigenvalue weighted by Gasteiger charge is 2.56. The van der Waals surface area contributed by atoms with E-state index in [0.717, 1.165) is 44.3 Å². The summed E-state index contributed by atoms with van der Waals surface area (Å²) in [5, 5.41) is 0. The SMILES string of the molecule is COCCN1C(=O)c2ccccc2[C@H](C(=O)N2CCN(c3ccccc3)CC2)C12CCCC2. The van der Waals surface area contributed by atoms with Gasteiger partial charge in [-0.2, -0.15) is 0 Å². The Hall–Kier alpha value is -2.86. The zero-order valence-corrected chi connectivity index (χ0v) is 19.4. The van der Waals surface area contributed by atoms with Gasteiger partial charge >= 0.3 is 0 Å². The molecule has 5 rings (SSSR count). The second kappa shape index (κ2) is 9.18. The Bertz CT molecular complexity index is 995. The van der Waals surface area contributed by atoms with Gasteiger partial charge in [0.2, 0.25) is 5.91 Å². The lowest BCUT2D eigenvalue weighted by Crippen LogP contribution is -2.62. The van der Waals surface area contributed by atoms with Gasteiger partial charge in [0.15, 0.2) is 0 Å². The van der Waals surface area contributed by atoms with Crippen LogP contribution in [-0.4, -0.2) is 73.6 Å². The first-order chi connectivity index (χ1) is 16.2. The predicted molar refractivity (Wildman–Crippen MR) is 129 cm³/mol. The summed E-state index contributed by atoms with van der Waals surface area (Å²) in [5.74, 6) is -0.0940. The van der Waals surface area contributed by atoms with Gasteiger partial charge in [-0.3, -0.25) is 9.59 Å². The van der Waals surface area contributed by atoms with Gasteiger partial charge in [-0.05, 0) is 36.6 Å². The van der Waals surface area contributed by atoms with Crippen molar-refractivity contribution in [2.24, 2.45) is 0 Å². The van der Waals surface area contributed by atoms with E-state index in [-0.39, 0.29) is 17.7 Å². The van der Waals surface area contributed by atoms with E-state index in [1.54, 1.807) is 7.11 Å². The maximum absolute atomic E-state index is 14.2. The van der Waals surface area contributed by atoms with Crippen LogP contribution in [0.1, 0.15) is 47.5 Å². The molecule has 0 bridgehead atoms. The van der Waals surface area contributed by atoms with Gasteiger partial charge in [-0.15, -0.1) is 0 Å². The number of fused-ring (bicyclic) bond motifs is 1. The number of carbonyl (C=O) groups excluding carboxylic acids is 2. The fourth-order valence-corrected chi connectivity index (χ4v) is 6.16. The number of rotatable bonds is 5. The molecule has 174 valence electrons. The van der Waals surface area contributed by atoms with Gasteiger partial charge in [0, 0.05) is 51.1 Å². The third-order valence-electron chi connectivity index (χ3n) is 7.77. The summed E-state index contributed by atoms with van der Waals surface area (Å²) in [6, 6.07) is 18.1. The highest BCUT2D eigenvalue weighted by atomic mass is 16.5. The molecule has 6 heteroatoms. The zero-order chi connectivity index (χ0) is 22.8. The van der Waals surface area contributed by atoms with Crippen molar-refractivity contribution in [1.82, 2.24) is 9.80 Å². The summed E-state index contributed by atoms with van der Waals surface area (Å²) in [6.45, 7) is 4.05. The summed E-state index contributed by atoms with van der Waals surface area (Å²) >= 11 is 0. The first-order valence-corrected chi connectivity index (χ1v) is 12.1. The number of anilines is 1. The number of hydrogen-bond acceptors (Lipinski definition) is 4. The summed E-state index contributed by atoms with van der Waals surface area (Å²) in [7, 11) is 1.67. The van der Waals surface area contributed by atoms with Crippen molar-refractivity contribution in [3.8, 4) is 0 Å². The molecule has 3 aliphatic rings. The highest BCUT2D eigenvalue weighted by molar-refractivity contribution is 6.02. The molecule has 0 aromatic heterocycles. The van der Waals surface area contributed by atoms with Gasteiger partial charge in [0.1, 0.15) is 0 Å². The van der Waals surface area contributed by atoms with Crippen molar-refractivity contribution in [3.63, 3.8) is 0 Å². The van der Waals surface area contributed by atoms with Crippen LogP contribution in [-0.2, 0) is 9.53 Å². The van der Waals surface area contributed by atoms with Gasteiger partial charge in [0.25, 0.3) is 5.91 Å². The van der Waals surface area contributed by atoms with Crippen LogP contribution in [0.3, 0.4) is 0 Å². The molecule has 2 aromatic carbocycles. The quantitative estimate of drug-likeness (QED) is 0.704. The Morgan fingerprint density at radius 2 is 1.64 bits per heavy atom. The largest absolute Gasteiger partial charge is 0.383 e. The van der Waals surface area contributed by atoms with Crippen molar-refractivity contribution in [3.05, 3.63) is 65.7 Å². The van der Waals surface area contributed by atoms with Crippen LogP contribution < -0.4 is 4.90 Å². The van der Waals surface area contributed by atoms with Crippen LogP contribution in [0, 0.1) is 0 Å². The number of carbonyl (C=O) groups is 2. The molecule has 2 amide bonds. The van der Waals surface area contributed by atoms with E-state index in [2.05, 4.69) is 29.2 Å². The fourth-order valence-electron chi connectivity index (χ4n) is 6.16. The van der Waals surface area contributed by atoms with E-state index in [0.29, 0.717) is 31.8 Å². The Labute approximate surface area is 196 Å². The number of para-hydroxylation sites is 1. The second-order valence-corrected chi connectivity index (χ2v) is 9.43. The van der Waals surface area contributed by atoms with E-state index >= 15 is 0 Å². The highest BCUT2D eigenvalue weighted by Crippen LogP contribution is 2.50. The minimum absolute atomic E-state index is 0.0440. The van der Waals surface area contributed by atoms with E-state index in [1.807, 2.05) is 40.1 Å². The van der Waals surface area contributed by atoms with Crippen LogP contribution in [0.5, 0.6) is 0 Å². The van der Waals surface area contributed by atoms with Crippen molar-refractivity contribution >= 4 is 17.5 Å². The fraction of sp³-hybridized carbons (Fsp3) is 0.481. The summed E-state index contributed by atoms with van der Waals surface area (Å²) in [5.41, 5.74) is 2.34. The molecule has 1 saturated carbocycles. The van der Waals surface area contributed by atoms with E-state index in [4.69, 9.17) is 4.74 Å². The van der Waals surface area contributed by atoms with Crippen molar-refractivity contribution < 1.29 is 14.3 Å². The third-order valence-corrected chi connectivity index (χ3v) is 7.77. The molecule has 2 aromatic rings. The molecule has 2 heterocycles. The zero-order valence-electron chi connectivity index (χ0n) is 19.4. The molecule has 1 spiro atoms. The van der Waals surface area contributed by atoms with E-state index in [1.165, 1.54) is 5.69 Å². The Morgan fingerprint density at radius 3 is 2.33 bits per heavy atom. The van der Waals surface area contributed by atoms with Crippen LogP contribution >= 0.6 is 0 Å². The molecule has 0 N–H and O–H groups in total. The maximum atomic E-state index is 14.2. The number of hydrogen-bond donors (Lipinski definition) is 0. The van der Waals surface area contributed by atoms with Crippen molar-refractivity contribution in [1.29, 1.82) is 0 Å². The lowest BCUT2D eigenvalue weighted by atomic mass is 9.70. The van der Waals surface area contributed by atoms with Gasteiger partial charge in [-0.1, -0.05) is 49.2 Å². The standard InChI is InChI=1S/C27H33N3O3/c1-33-20-19-30-25(31)23-12-6-5-11-22(23)24(27(30)13-7-8-14-27)26(32)29-17-15-28(16-18-29)21-9-3-2-4-10-21/h2-6,9-12,24H,7-8,13-20H2,1H3/t24-/m1/s1. The minimum Gasteiger partial charge on any atom is -0.383 e. The normalized spacial score (nSPS) is 22.0. The van der Waals surface area contributed by atoms with Crippen LogP contribution in [0.15, 0.2) is 54.6 Å². The molecular formula is C27H33N3O3. The maximum Gasteiger partial charge on any atom is 0.254 e. The monoisotopic (exact) mass is 447 g/mol. The molecule has 1 saturated heterocycles. The van der Waals surface area contributed by atoms with Gasteiger partial charge < -0.3 is 19.4 Å². The summed E-state index contributed by atoms with van der Waals surface area (Å²) in [6.07, 6.45) is 3.84. The number of benzene rings is 2. The number of methoxy groups -OCH3 is 1. The first kappa shape index (κ1) is 22.0. The predicted octanol–water partition coefficient (Wildman–Crippen LogP) is 3.53. The molecule has 6 nitrogen and oxygen atoms in total. The van der Waals surface area contributed by atoms with Crippen LogP contribution in [0.4, 0.5) is 5.69 Å². The minimum atomic E-state index is -0.447. The topological polar surface area (TPSA) is 53.1 Å². The summed E-state index contributed by atoms with van der Waals surface area (Å²) < 4.78 is 5.35. The third kappa shape index (κ3) is 3.80. The van der Waals surface area contributed by atoms with Crippen LogP contribution in [0.2, 0.25) is 0 Å². The second-order valence-electron chi connectivity index (χ2n) is 9.43. The van der Waals surface area contributed by atoms with Gasteiger partial charge in [-0.25, -0.2) is 0 Å².